The van der Waals surface area contributed by atoms with Crippen molar-refractivity contribution in [2.24, 2.45) is 0 Å². The zero-order valence-electron chi connectivity index (χ0n) is 24.8. The van der Waals surface area contributed by atoms with Crippen molar-refractivity contribution < 1.29 is 14.4 Å². The van der Waals surface area contributed by atoms with E-state index in [0.29, 0.717) is 51.6 Å². The van der Waals surface area contributed by atoms with Crippen molar-refractivity contribution in [3.63, 3.8) is 0 Å². The van der Waals surface area contributed by atoms with Crippen LogP contribution < -0.4 is 16.0 Å². The van der Waals surface area contributed by atoms with E-state index in [1.165, 1.54) is 18.2 Å². The quantitative estimate of drug-likeness (QED) is 0.128. The molecular formula is C33H24N12O3. The smallest absolute Gasteiger partial charge is 0.256 e. The molecule has 1 aromatic carbocycles. The van der Waals surface area contributed by atoms with Gasteiger partial charge in [-0.25, -0.2) is 0 Å². The van der Waals surface area contributed by atoms with Crippen LogP contribution in [0.15, 0.2) is 110 Å². The number of rotatable bonds is 9. The standard InChI is InChI=1S/C33H24N12O3/c46-31(37-28-16-25(40-43-28)22-7-1-4-10-34-22)19-13-20(32(47)38-29-17-26(41-44-29)23-8-2-5-11-35-23)15-21(14-19)33(48)39-30-18-27(42-45-30)24-9-3-6-12-36-24/h1-18H,(H2,37,40,43,46)(H2,38,41,44,47)(H2,39,42,45,48). The molecule has 7 aromatic rings. The highest BCUT2D eigenvalue weighted by Crippen LogP contribution is 2.22. The molecule has 0 fully saturated rings. The summed E-state index contributed by atoms with van der Waals surface area (Å²) in [5, 5.41) is 29.1. The maximum absolute atomic E-state index is 13.5. The number of amides is 3. The fourth-order valence-corrected chi connectivity index (χ4v) is 4.70. The van der Waals surface area contributed by atoms with Gasteiger partial charge in [-0.1, -0.05) is 18.2 Å². The number of H-pyrrole nitrogens is 3. The van der Waals surface area contributed by atoms with E-state index in [4.69, 9.17) is 0 Å². The molecule has 0 aliphatic heterocycles. The number of pyridine rings is 3. The van der Waals surface area contributed by atoms with Gasteiger partial charge in [0.15, 0.2) is 0 Å². The van der Waals surface area contributed by atoms with E-state index in [2.05, 4.69) is 61.5 Å². The van der Waals surface area contributed by atoms with Crippen molar-refractivity contribution in [1.29, 1.82) is 0 Å². The molecule has 0 unspecified atom stereocenters. The topological polar surface area (TPSA) is 212 Å². The lowest BCUT2D eigenvalue weighted by molar-refractivity contribution is 0.102. The Bertz CT molecular complexity index is 1960. The summed E-state index contributed by atoms with van der Waals surface area (Å²) in [7, 11) is 0. The number of nitrogens with one attached hydrogen (secondary N) is 6. The number of hydrogen-bond donors (Lipinski definition) is 6. The highest BCUT2D eigenvalue weighted by atomic mass is 16.2. The lowest BCUT2D eigenvalue weighted by Crippen LogP contribution is -2.19. The summed E-state index contributed by atoms with van der Waals surface area (Å²) in [6.07, 6.45) is 4.91. The van der Waals surface area contributed by atoms with Gasteiger partial charge in [-0.2, -0.15) is 15.3 Å². The maximum Gasteiger partial charge on any atom is 0.256 e. The van der Waals surface area contributed by atoms with Crippen LogP contribution in [-0.4, -0.2) is 63.3 Å². The molecule has 6 aromatic heterocycles. The van der Waals surface area contributed by atoms with E-state index in [1.807, 2.05) is 18.2 Å². The maximum atomic E-state index is 13.5. The van der Waals surface area contributed by atoms with E-state index in [-0.39, 0.29) is 16.7 Å². The minimum Gasteiger partial charge on any atom is -0.307 e. The molecule has 0 bridgehead atoms. The molecule has 3 amide bonds. The Hall–Kier alpha value is -7.29. The lowest BCUT2D eigenvalue weighted by atomic mass is 10.0. The molecule has 6 N–H and O–H groups in total. The van der Waals surface area contributed by atoms with Gasteiger partial charge in [0.25, 0.3) is 17.7 Å². The Morgan fingerprint density at radius 2 is 0.729 bits per heavy atom. The Morgan fingerprint density at radius 3 is 1.00 bits per heavy atom. The van der Waals surface area contributed by atoms with Crippen LogP contribution >= 0.6 is 0 Å². The Morgan fingerprint density at radius 1 is 0.417 bits per heavy atom. The molecule has 0 aliphatic rings. The Labute approximate surface area is 271 Å². The number of nitrogens with zero attached hydrogens (tertiary/aromatic N) is 6. The second-order valence-electron chi connectivity index (χ2n) is 10.3. The van der Waals surface area contributed by atoms with Crippen molar-refractivity contribution in [1.82, 2.24) is 45.5 Å². The van der Waals surface area contributed by atoms with Gasteiger partial charge in [0.05, 0.1) is 17.1 Å². The average Bonchev–Trinajstić information content (AvgIpc) is 3.91. The van der Waals surface area contributed by atoms with Crippen molar-refractivity contribution in [2.75, 3.05) is 16.0 Å². The van der Waals surface area contributed by atoms with Crippen LogP contribution in [0.5, 0.6) is 0 Å². The predicted molar refractivity (Wildman–Crippen MR) is 176 cm³/mol. The van der Waals surface area contributed by atoms with E-state index < -0.39 is 17.7 Å². The molecule has 6 heterocycles. The summed E-state index contributed by atoms with van der Waals surface area (Å²) in [5.74, 6) is -0.893. The van der Waals surface area contributed by atoms with Gasteiger partial charge in [-0.05, 0) is 54.6 Å². The molecule has 0 saturated carbocycles. The summed E-state index contributed by atoms with van der Waals surface area (Å²) in [5.41, 5.74) is 3.53. The van der Waals surface area contributed by atoms with Gasteiger partial charge >= 0.3 is 0 Å². The van der Waals surface area contributed by atoms with Crippen LogP contribution in [0.4, 0.5) is 17.5 Å². The highest BCUT2D eigenvalue weighted by molar-refractivity contribution is 6.12. The number of anilines is 3. The normalized spacial score (nSPS) is 10.8. The molecule has 0 saturated heterocycles. The number of aromatic nitrogens is 9. The molecule has 0 aliphatic carbocycles. The Balaban J connectivity index is 1.15. The first kappa shape index (κ1) is 29.4. The SMILES string of the molecule is O=C(Nc1cc(-c2ccccn2)n[nH]1)c1cc(C(=O)Nc2cc(-c3ccccn3)n[nH]2)cc(C(=O)Nc2cc(-c3ccccn3)n[nH]2)c1. The van der Waals surface area contributed by atoms with E-state index >= 15 is 0 Å². The number of benzene rings is 1. The van der Waals surface area contributed by atoms with E-state index in [1.54, 1.807) is 73.2 Å². The van der Waals surface area contributed by atoms with Gasteiger partial charge in [-0.3, -0.25) is 44.6 Å². The predicted octanol–water partition coefficient (Wildman–Crippen LogP) is 4.80. The Kier molecular flexibility index (Phi) is 7.96. The van der Waals surface area contributed by atoms with Crippen LogP contribution in [0.1, 0.15) is 31.1 Å². The molecule has 0 atom stereocenters. The molecule has 0 spiro atoms. The second kappa shape index (κ2) is 13.0. The molecular weight excluding hydrogens is 612 g/mol. The van der Waals surface area contributed by atoms with Gasteiger partial charge in [0.1, 0.15) is 34.5 Å². The zero-order valence-corrected chi connectivity index (χ0v) is 24.8. The zero-order chi connectivity index (χ0) is 32.9. The number of carbonyl (C=O) groups is 3. The number of carbonyl (C=O) groups excluding carboxylic acids is 3. The first-order valence-electron chi connectivity index (χ1n) is 14.5. The summed E-state index contributed by atoms with van der Waals surface area (Å²) < 4.78 is 0. The van der Waals surface area contributed by atoms with E-state index in [9.17, 15) is 14.4 Å². The monoisotopic (exact) mass is 636 g/mol. The molecule has 234 valence electrons. The third kappa shape index (κ3) is 6.54. The largest absolute Gasteiger partial charge is 0.307 e. The lowest BCUT2D eigenvalue weighted by Gasteiger charge is -2.10. The second-order valence-corrected chi connectivity index (χ2v) is 10.3. The molecule has 7 rings (SSSR count). The van der Waals surface area contributed by atoms with E-state index in [0.717, 1.165) is 0 Å². The average molecular weight is 637 g/mol. The fraction of sp³-hybridized carbons (Fsp3) is 0. The fourth-order valence-electron chi connectivity index (χ4n) is 4.70. The molecule has 15 heteroatoms. The van der Waals surface area contributed by atoms with Crippen LogP contribution in [-0.2, 0) is 0 Å². The van der Waals surface area contributed by atoms with Crippen LogP contribution in [0.2, 0.25) is 0 Å². The summed E-state index contributed by atoms with van der Waals surface area (Å²) >= 11 is 0. The third-order valence-electron chi connectivity index (χ3n) is 6.98. The van der Waals surface area contributed by atoms with Gasteiger partial charge < -0.3 is 16.0 Å². The third-order valence-corrected chi connectivity index (χ3v) is 6.98. The minimum atomic E-state index is -0.590. The van der Waals surface area contributed by atoms with Crippen molar-refractivity contribution in [3.8, 4) is 34.2 Å². The van der Waals surface area contributed by atoms with Gasteiger partial charge in [0, 0.05) is 53.5 Å². The van der Waals surface area contributed by atoms with Crippen LogP contribution in [0.25, 0.3) is 34.2 Å². The number of hydrogen-bond acceptors (Lipinski definition) is 9. The summed E-state index contributed by atoms with van der Waals surface area (Å²) in [6, 6.07) is 25.2. The van der Waals surface area contributed by atoms with Gasteiger partial charge in [-0.15, -0.1) is 0 Å². The first-order chi connectivity index (χ1) is 23.5. The molecule has 48 heavy (non-hydrogen) atoms. The molecule has 15 nitrogen and oxygen atoms in total. The van der Waals surface area contributed by atoms with Crippen LogP contribution in [0.3, 0.4) is 0 Å². The summed E-state index contributed by atoms with van der Waals surface area (Å²) in [6.45, 7) is 0. The van der Waals surface area contributed by atoms with Crippen molar-refractivity contribution >= 4 is 35.2 Å². The summed E-state index contributed by atoms with van der Waals surface area (Å²) in [4.78, 5) is 53.2. The highest BCUT2D eigenvalue weighted by Gasteiger charge is 2.19. The van der Waals surface area contributed by atoms with Crippen molar-refractivity contribution in [3.05, 3.63) is 126 Å². The molecule has 0 radical (unpaired) electrons. The van der Waals surface area contributed by atoms with Gasteiger partial charge in [0.2, 0.25) is 0 Å². The minimum absolute atomic E-state index is 0.0411. The number of aromatic amines is 3. The first-order valence-corrected chi connectivity index (χ1v) is 14.5. The van der Waals surface area contributed by atoms with Crippen LogP contribution in [0, 0.1) is 0 Å². The van der Waals surface area contributed by atoms with Crippen molar-refractivity contribution in [2.45, 2.75) is 0 Å².